The van der Waals surface area contributed by atoms with Gasteiger partial charge in [0.15, 0.2) is 0 Å². The summed E-state index contributed by atoms with van der Waals surface area (Å²) in [7, 11) is 0. The van der Waals surface area contributed by atoms with Crippen LogP contribution >= 0.6 is 0 Å². The van der Waals surface area contributed by atoms with E-state index in [1.54, 1.807) is 0 Å². The minimum atomic E-state index is 0. The van der Waals surface area contributed by atoms with E-state index in [9.17, 15) is 0 Å². The molecule has 0 saturated carbocycles. The van der Waals surface area contributed by atoms with Gasteiger partial charge in [-0.05, 0) is 0 Å². The maximum Gasteiger partial charge on any atom is 4.00 e. The normalized spacial score (nSPS) is 0. The maximum absolute atomic E-state index is 0. The zero-order chi connectivity index (χ0) is 0. The van der Waals surface area contributed by atoms with Crippen LogP contribution in [0.15, 0.2) is 0 Å². The molecule has 0 aromatic heterocycles. The van der Waals surface area contributed by atoms with Crippen molar-refractivity contribution >= 4 is 48.7 Å². The molecule has 0 fully saturated rings. The predicted molar refractivity (Wildman–Crippen MR) is 12.2 cm³/mol. The molecule has 0 heterocycles. The summed E-state index contributed by atoms with van der Waals surface area (Å²) >= 11 is 0. The molecule has 0 rings (SSSR count). The van der Waals surface area contributed by atoms with Crippen molar-refractivity contribution < 1.29 is 35.0 Å². The summed E-state index contributed by atoms with van der Waals surface area (Å²) in [6.07, 6.45) is 0. The molecule has 8 valence electrons. The molecule has 4 heavy (non-hydrogen) atoms. The summed E-state index contributed by atoms with van der Waals surface area (Å²) in [6, 6.07) is 0. The minimum absolute atomic E-state index is 0. The molecule has 0 aromatic carbocycles. The summed E-state index contributed by atoms with van der Waals surface area (Å²) in [6.45, 7) is 0. The van der Waals surface area contributed by atoms with Gasteiger partial charge >= 0.3 is 78.3 Å². The van der Waals surface area contributed by atoms with E-state index < -0.39 is 0 Å². The zero-order valence-corrected chi connectivity index (χ0v) is 7.82. The molecule has 0 bridgehead atoms. The topological polar surface area (TPSA) is 28.5 Å². The Kier molecular flexibility index (Phi) is 144. The van der Waals surface area contributed by atoms with Gasteiger partial charge in [0.25, 0.3) is 0 Å². The average molecular weight is 107 g/mol. The van der Waals surface area contributed by atoms with Gasteiger partial charge in [-0.2, -0.15) is 0 Å². The molecule has 0 saturated heterocycles. The Hall–Kier alpha value is 2.44. The van der Waals surface area contributed by atoms with E-state index in [-0.39, 0.29) is 83.7 Å². The van der Waals surface area contributed by atoms with E-state index in [4.69, 9.17) is 0 Å². The summed E-state index contributed by atoms with van der Waals surface area (Å²) in [5.74, 6) is 0. The third kappa shape index (κ3) is 8.83. The smallest absolute Gasteiger partial charge is 2.00 e. The van der Waals surface area contributed by atoms with Crippen molar-refractivity contribution in [2.24, 2.45) is 0 Å². The number of rotatable bonds is 0. The van der Waals surface area contributed by atoms with Gasteiger partial charge in [0.05, 0.1) is 0 Å². The van der Waals surface area contributed by atoms with E-state index >= 15 is 0 Å². The van der Waals surface area contributed by atoms with E-state index in [1.807, 2.05) is 0 Å². The second-order valence-electron chi connectivity index (χ2n) is 0. The second kappa shape index (κ2) is 18.0. The Bertz CT molecular complexity index is 8.00. The predicted octanol–water partition coefficient (Wildman–Crippen LogP) is -3.88. The molecule has 4 heteroatoms. The zero-order valence-electron chi connectivity index (χ0n) is 2.62. The third-order valence-electron chi connectivity index (χ3n) is 0. The molecule has 0 unspecified atom stereocenters. The quantitative estimate of drug-likeness (QED) is 0.283. The van der Waals surface area contributed by atoms with E-state index in [0.29, 0.717) is 0 Å². The van der Waals surface area contributed by atoms with Crippen molar-refractivity contribution in [3.05, 3.63) is 0 Å². The number of hydrogen-bond acceptors (Lipinski definition) is 0. The first kappa shape index (κ1) is 32.0. The molecule has 0 amide bonds. The third-order valence-corrected chi connectivity index (χ3v) is 0. The first-order valence-electron chi connectivity index (χ1n) is 0. The van der Waals surface area contributed by atoms with Crippen LogP contribution in [0.2, 0.25) is 0 Å². The average Bonchev–Trinajstić information content (AvgIpc) is 0. The van der Waals surface area contributed by atoms with Crippen molar-refractivity contribution in [2.45, 2.75) is 0 Å². The molecule has 0 spiro atoms. The molecule has 0 aliphatic heterocycles. The maximum atomic E-state index is 0. The molecule has 0 aliphatic rings. The Balaban J connectivity index is 0. The molecule has 0 radical (unpaired) electrons. The van der Waals surface area contributed by atoms with Crippen LogP contribution < -0.4 is 29.6 Å². The van der Waals surface area contributed by atoms with Gasteiger partial charge in [0.1, 0.15) is 0 Å². The Morgan fingerprint density at radius 3 is 1.00 bits per heavy atom. The summed E-state index contributed by atoms with van der Waals surface area (Å²) in [5.41, 5.74) is 0. The van der Waals surface area contributed by atoms with Crippen molar-refractivity contribution in [1.29, 1.82) is 0 Å². The number of hydrogen-bond donors (Lipinski definition) is 0. The SMILES string of the molecule is [Ca+2].[Na+].[O-2].[Si+4]. The molecular formula is CaNaOSi+5. The standard InChI is InChI=1S/Ca.Na.O.Si/q+2;+1;-2;+4. The van der Waals surface area contributed by atoms with Gasteiger partial charge in [-0.25, -0.2) is 0 Å². The van der Waals surface area contributed by atoms with E-state index in [1.165, 1.54) is 0 Å². The van der Waals surface area contributed by atoms with Gasteiger partial charge in [-0.3, -0.25) is 0 Å². The van der Waals surface area contributed by atoms with Gasteiger partial charge in [-0.1, -0.05) is 0 Å². The van der Waals surface area contributed by atoms with Crippen LogP contribution in [0.1, 0.15) is 0 Å². The largest absolute Gasteiger partial charge is 4.00 e. The van der Waals surface area contributed by atoms with E-state index in [0.717, 1.165) is 0 Å². The van der Waals surface area contributed by atoms with Crippen molar-refractivity contribution in [3.8, 4) is 0 Å². The van der Waals surface area contributed by atoms with Crippen LogP contribution in [0.3, 0.4) is 0 Å². The second-order valence-corrected chi connectivity index (χ2v) is 0. The van der Waals surface area contributed by atoms with Crippen LogP contribution in [0.5, 0.6) is 0 Å². The fraction of sp³-hybridized carbons (Fsp3) is 0. The minimum Gasteiger partial charge on any atom is -2.00 e. The summed E-state index contributed by atoms with van der Waals surface area (Å²) in [4.78, 5) is 0. The van der Waals surface area contributed by atoms with Gasteiger partial charge in [0.2, 0.25) is 0 Å². The molecule has 0 N–H and O–H groups in total. The first-order chi connectivity index (χ1) is 0. The van der Waals surface area contributed by atoms with Crippen molar-refractivity contribution in [3.63, 3.8) is 0 Å². The molecule has 0 atom stereocenters. The Morgan fingerprint density at radius 2 is 1.00 bits per heavy atom. The van der Waals surface area contributed by atoms with Crippen LogP contribution in [0, 0.1) is 0 Å². The van der Waals surface area contributed by atoms with Gasteiger partial charge < -0.3 is 5.48 Å². The van der Waals surface area contributed by atoms with Crippen LogP contribution in [-0.2, 0) is 5.48 Å². The molecular weight excluding hydrogens is 107 g/mol. The Labute approximate surface area is 82.2 Å². The Morgan fingerprint density at radius 1 is 1.00 bits per heavy atom. The van der Waals surface area contributed by atoms with Gasteiger partial charge in [0, 0.05) is 0 Å². The van der Waals surface area contributed by atoms with Crippen molar-refractivity contribution in [1.82, 2.24) is 0 Å². The fourth-order valence-electron chi connectivity index (χ4n) is 0. The molecule has 1 nitrogen and oxygen atoms in total. The molecule has 0 aliphatic carbocycles. The van der Waals surface area contributed by atoms with Gasteiger partial charge in [-0.15, -0.1) is 0 Å². The van der Waals surface area contributed by atoms with Crippen LogP contribution in [-0.4, -0.2) is 48.7 Å². The monoisotopic (exact) mass is 107 g/mol. The van der Waals surface area contributed by atoms with Crippen molar-refractivity contribution in [2.75, 3.05) is 0 Å². The van der Waals surface area contributed by atoms with Crippen LogP contribution in [0.4, 0.5) is 0 Å². The van der Waals surface area contributed by atoms with Crippen LogP contribution in [0.25, 0.3) is 0 Å². The first-order valence-corrected chi connectivity index (χ1v) is 0. The fourth-order valence-corrected chi connectivity index (χ4v) is 0. The molecule has 0 aromatic rings. The summed E-state index contributed by atoms with van der Waals surface area (Å²) in [5, 5.41) is 0. The van der Waals surface area contributed by atoms with E-state index in [2.05, 4.69) is 0 Å². The summed E-state index contributed by atoms with van der Waals surface area (Å²) < 4.78 is 0.